The third-order valence-corrected chi connectivity index (χ3v) is 2.17. The van der Waals surface area contributed by atoms with Crippen molar-refractivity contribution in [2.75, 3.05) is 5.73 Å². The standard InChI is InChI=1S/C11H9N3O2/c12-8-3-1-2-7(11(15)16)10(8)9-4-5-13-6-14-9/h1-6H,12H2,(H,15,16). The molecule has 16 heavy (non-hydrogen) atoms. The third-order valence-electron chi connectivity index (χ3n) is 2.17. The van der Waals surface area contributed by atoms with E-state index in [0.717, 1.165) is 0 Å². The van der Waals surface area contributed by atoms with Crippen LogP contribution in [0.4, 0.5) is 5.69 Å². The molecule has 80 valence electrons. The van der Waals surface area contributed by atoms with E-state index >= 15 is 0 Å². The molecule has 1 aromatic heterocycles. The fourth-order valence-electron chi connectivity index (χ4n) is 1.47. The van der Waals surface area contributed by atoms with Gasteiger partial charge in [0.25, 0.3) is 0 Å². The number of nitrogens with zero attached hydrogens (tertiary/aromatic N) is 2. The number of nitrogen functional groups attached to an aromatic ring is 1. The van der Waals surface area contributed by atoms with E-state index in [9.17, 15) is 4.79 Å². The molecule has 0 atom stereocenters. The first kappa shape index (κ1) is 10.1. The van der Waals surface area contributed by atoms with Gasteiger partial charge in [0.1, 0.15) is 6.33 Å². The van der Waals surface area contributed by atoms with E-state index in [4.69, 9.17) is 10.8 Å². The van der Waals surface area contributed by atoms with Crippen molar-refractivity contribution >= 4 is 11.7 Å². The van der Waals surface area contributed by atoms with Crippen LogP contribution in [0.5, 0.6) is 0 Å². The van der Waals surface area contributed by atoms with Crippen molar-refractivity contribution < 1.29 is 9.90 Å². The first-order chi connectivity index (χ1) is 7.70. The van der Waals surface area contributed by atoms with Gasteiger partial charge in [-0.05, 0) is 18.2 Å². The van der Waals surface area contributed by atoms with Gasteiger partial charge >= 0.3 is 5.97 Å². The zero-order valence-corrected chi connectivity index (χ0v) is 8.29. The summed E-state index contributed by atoms with van der Waals surface area (Å²) >= 11 is 0. The number of carboxylic acids is 1. The van der Waals surface area contributed by atoms with E-state index < -0.39 is 5.97 Å². The van der Waals surface area contributed by atoms with Crippen molar-refractivity contribution in [3.05, 3.63) is 42.4 Å². The normalized spacial score (nSPS) is 10.0. The Labute approximate surface area is 91.6 Å². The lowest BCUT2D eigenvalue weighted by atomic mass is 10.0. The maximum atomic E-state index is 11.0. The molecular formula is C11H9N3O2. The smallest absolute Gasteiger partial charge is 0.336 e. The number of hydrogen-bond donors (Lipinski definition) is 2. The van der Waals surface area contributed by atoms with Crippen LogP contribution in [0.3, 0.4) is 0 Å². The van der Waals surface area contributed by atoms with Crippen LogP contribution in [0.1, 0.15) is 10.4 Å². The lowest BCUT2D eigenvalue weighted by Gasteiger charge is -2.07. The number of nitrogens with two attached hydrogens (primary N) is 1. The molecule has 0 amide bonds. The van der Waals surface area contributed by atoms with Crippen molar-refractivity contribution in [2.24, 2.45) is 0 Å². The summed E-state index contributed by atoms with van der Waals surface area (Å²) in [6.45, 7) is 0. The van der Waals surface area contributed by atoms with E-state index in [2.05, 4.69) is 9.97 Å². The summed E-state index contributed by atoms with van der Waals surface area (Å²) in [5.41, 5.74) is 7.23. The van der Waals surface area contributed by atoms with E-state index in [0.29, 0.717) is 16.9 Å². The van der Waals surface area contributed by atoms with Gasteiger partial charge in [0, 0.05) is 17.4 Å². The van der Waals surface area contributed by atoms with Gasteiger partial charge in [0.05, 0.1) is 11.3 Å². The number of rotatable bonds is 2. The highest BCUT2D eigenvalue weighted by molar-refractivity contribution is 5.98. The molecule has 2 rings (SSSR count). The predicted molar refractivity (Wildman–Crippen MR) is 58.8 cm³/mol. The SMILES string of the molecule is Nc1cccc(C(=O)O)c1-c1ccncn1. The lowest BCUT2D eigenvalue weighted by molar-refractivity contribution is 0.0697. The first-order valence-corrected chi connectivity index (χ1v) is 4.58. The largest absolute Gasteiger partial charge is 0.478 e. The maximum Gasteiger partial charge on any atom is 0.336 e. The summed E-state index contributed by atoms with van der Waals surface area (Å²) in [6, 6.07) is 6.36. The fourth-order valence-corrected chi connectivity index (χ4v) is 1.47. The second kappa shape index (κ2) is 3.98. The summed E-state index contributed by atoms with van der Waals surface area (Å²) in [4.78, 5) is 18.8. The van der Waals surface area contributed by atoms with Gasteiger partial charge in [-0.3, -0.25) is 0 Å². The van der Waals surface area contributed by atoms with Gasteiger partial charge in [-0.15, -0.1) is 0 Å². The Morgan fingerprint density at radius 2 is 2.12 bits per heavy atom. The van der Waals surface area contributed by atoms with E-state index in [-0.39, 0.29) is 5.56 Å². The third kappa shape index (κ3) is 1.70. The Balaban J connectivity index is 2.68. The van der Waals surface area contributed by atoms with Crippen molar-refractivity contribution in [2.45, 2.75) is 0 Å². The predicted octanol–water partition coefficient (Wildman–Crippen LogP) is 1.42. The molecule has 0 unspecified atom stereocenters. The Morgan fingerprint density at radius 3 is 2.75 bits per heavy atom. The van der Waals surface area contributed by atoms with Gasteiger partial charge in [0.2, 0.25) is 0 Å². The molecule has 0 bridgehead atoms. The Hall–Kier alpha value is -2.43. The van der Waals surface area contributed by atoms with Crippen LogP contribution in [0.25, 0.3) is 11.3 Å². The van der Waals surface area contributed by atoms with Crippen molar-refractivity contribution in [3.8, 4) is 11.3 Å². The molecular weight excluding hydrogens is 206 g/mol. The minimum atomic E-state index is -1.03. The Morgan fingerprint density at radius 1 is 1.31 bits per heavy atom. The molecule has 0 fully saturated rings. The molecule has 0 aliphatic heterocycles. The number of hydrogen-bond acceptors (Lipinski definition) is 4. The van der Waals surface area contributed by atoms with Crippen molar-refractivity contribution in [3.63, 3.8) is 0 Å². The van der Waals surface area contributed by atoms with Crippen LogP contribution < -0.4 is 5.73 Å². The highest BCUT2D eigenvalue weighted by atomic mass is 16.4. The monoisotopic (exact) mass is 215 g/mol. The fraction of sp³-hybridized carbons (Fsp3) is 0. The highest BCUT2D eigenvalue weighted by Gasteiger charge is 2.14. The van der Waals surface area contributed by atoms with Crippen molar-refractivity contribution in [1.82, 2.24) is 9.97 Å². The molecule has 0 saturated heterocycles. The van der Waals surface area contributed by atoms with Gasteiger partial charge < -0.3 is 10.8 Å². The molecule has 0 spiro atoms. The topological polar surface area (TPSA) is 89.1 Å². The number of carbonyl (C=O) groups is 1. The van der Waals surface area contributed by atoms with Gasteiger partial charge in [-0.2, -0.15) is 0 Å². The summed E-state index contributed by atoms with van der Waals surface area (Å²) in [5, 5.41) is 9.05. The average molecular weight is 215 g/mol. The van der Waals surface area contributed by atoms with Gasteiger partial charge in [-0.1, -0.05) is 6.07 Å². The van der Waals surface area contributed by atoms with Crippen LogP contribution >= 0.6 is 0 Å². The minimum Gasteiger partial charge on any atom is -0.478 e. The van der Waals surface area contributed by atoms with Crippen LogP contribution in [0.15, 0.2) is 36.8 Å². The molecule has 5 heteroatoms. The molecule has 5 nitrogen and oxygen atoms in total. The minimum absolute atomic E-state index is 0.138. The number of aromatic nitrogens is 2. The van der Waals surface area contributed by atoms with Crippen LogP contribution in [-0.2, 0) is 0 Å². The average Bonchev–Trinajstić information content (AvgIpc) is 2.29. The maximum absolute atomic E-state index is 11.0. The number of carboxylic acid groups (broad SMARTS) is 1. The summed E-state index contributed by atoms with van der Waals surface area (Å²) in [5.74, 6) is -1.03. The molecule has 0 radical (unpaired) electrons. The summed E-state index contributed by atoms with van der Waals surface area (Å²) < 4.78 is 0. The molecule has 0 saturated carbocycles. The Kier molecular flexibility index (Phi) is 2.51. The molecule has 2 aromatic rings. The van der Waals surface area contributed by atoms with E-state index in [1.807, 2.05) is 0 Å². The summed E-state index contributed by atoms with van der Waals surface area (Å²) in [7, 11) is 0. The number of anilines is 1. The van der Waals surface area contributed by atoms with Crippen molar-refractivity contribution in [1.29, 1.82) is 0 Å². The zero-order valence-electron chi connectivity index (χ0n) is 8.29. The zero-order chi connectivity index (χ0) is 11.5. The molecule has 3 N–H and O–H groups in total. The van der Waals surface area contributed by atoms with Gasteiger partial charge in [0.15, 0.2) is 0 Å². The Bertz CT molecular complexity index is 526. The van der Waals surface area contributed by atoms with Crippen LogP contribution in [0.2, 0.25) is 0 Å². The number of benzene rings is 1. The van der Waals surface area contributed by atoms with Crippen LogP contribution in [0, 0.1) is 0 Å². The molecule has 0 aliphatic rings. The second-order valence-electron chi connectivity index (χ2n) is 3.17. The van der Waals surface area contributed by atoms with Gasteiger partial charge in [-0.25, -0.2) is 14.8 Å². The highest BCUT2D eigenvalue weighted by Crippen LogP contribution is 2.27. The lowest BCUT2D eigenvalue weighted by Crippen LogP contribution is -2.03. The number of aromatic carboxylic acids is 1. The molecule has 1 aromatic carbocycles. The van der Waals surface area contributed by atoms with E-state index in [1.165, 1.54) is 12.4 Å². The summed E-state index contributed by atoms with van der Waals surface area (Å²) in [6.07, 6.45) is 2.90. The first-order valence-electron chi connectivity index (χ1n) is 4.58. The second-order valence-corrected chi connectivity index (χ2v) is 3.17. The quantitative estimate of drug-likeness (QED) is 0.739. The molecule has 0 aliphatic carbocycles. The van der Waals surface area contributed by atoms with E-state index in [1.54, 1.807) is 24.4 Å². The molecule has 1 heterocycles. The van der Waals surface area contributed by atoms with Crippen LogP contribution in [-0.4, -0.2) is 21.0 Å².